The molecule has 0 fully saturated rings. The van der Waals surface area contributed by atoms with Gasteiger partial charge in [-0.2, -0.15) is 0 Å². The van der Waals surface area contributed by atoms with Crippen molar-refractivity contribution in [1.82, 2.24) is 0 Å². The van der Waals surface area contributed by atoms with Crippen LogP contribution in [-0.2, 0) is 0 Å². The highest BCUT2D eigenvalue weighted by Gasteiger charge is 2.30. The molecule has 9 heteroatoms. The number of rotatable bonds is 6. The monoisotopic (exact) mass is 461 g/mol. The Morgan fingerprint density at radius 1 is 1.00 bits per heavy atom. The van der Waals surface area contributed by atoms with E-state index in [1.54, 1.807) is 25.1 Å². The molecule has 1 aliphatic heterocycles. The second-order valence-corrected chi connectivity index (χ2v) is 7.40. The summed E-state index contributed by atoms with van der Waals surface area (Å²) in [5.74, 6) is 0.282. The van der Waals surface area contributed by atoms with Gasteiger partial charge in [0, 0.05) is 24.3 Å². The number of nitrogens with zero attached hydrogens (tertiary/aromatic N) is 1. The average molecular weight is 461 g/mol. The van der Waals surface area contributed by atoms with Crippen LogP contribution in [-0.4, -0.2) is 30.9 Å². The molecule has 0 spiro atoms. The highest BCUT2D eigenvalue weighted by molar-refractivity contribution is 6.15. The number of nitro benzene ring substituents is 1. The fourth-order valence-corrected chi connectivity index (χ4v) is 3.51. The van der Waals surface area contributed by atoms with E-state index in [0.717, 1.165) is 0 Å². The Balaban J connectivity index is 1.60. The number of hydrogen-bond donors (Lipinski definition) is 0. The molecule has 34 heavy (non-hydrogen) atoms. The smallest absolute Gasteiger partial charge is 0.343 e. The van der Waals surface area contributed by atoms with Gasteiger partial charge >= 0.3 is 5.97 Å². The number of Topliss-reactive ketones (excluding diaryl/α,β-unsaturated/α-hetero) is 1. The summed E-state index contributed by atoms with van der Waals surface area (Å²) in [6, 6.07) is 13.5. The van der Waals surface area contributed by atoms with Crippen LogP contribution in [0.25, 0.3) is 6.08 Å². The fraction of sp³-hybridized carbons (Fsp3) is 0.120. The van der Waals surface area contributed by atoms with Gasteiger partial charge in [-0.25, -0.2) is 4.79 Å². The first-order valence-electron chi connectivity index (χ1n) is 10.1. The van der Waals surface area contributed by atoms with Gasteiger partial charge in [-0.05, 0) is 42.3 Å². The highest BCUT2D eigenvalue weighted by atomic mass is 16.6. The van der Waals surface area contributed by atoms with Crippen molar-refractivity contribution in [2.75, 3.05) is 14.2 Å². The minimum absolute atomic E-state index is 0.0135. The topological polar surface area (TPSA) is 114 Å². The number of benzene rings is 3. The fourth-order valence-electron chi connectivity index (χ4n) is 3.51. The molecule has 0 amide bonds. The van der Waals surface area contributed by atoms with E-state index in [1.807, 2.05) is 0 Å². The minimum atomic E-state index is -0.645. The lowest BCUT2D eigenvalue weighted by Crippen LogP contribution is -2.09. The molecule has 4 rings (SSSR count). The van der Waals surface area contributed by atoms with E-state index in [0.29, 0.717) is 28.2 Å². The first-order valence-corrected chi connectivity index (χ1v) is 10.1. The molecule has 0 saturated heterocycles. The van der Waals surface area contributed by atoms with E-state index in [1.165, 1.54) is 56.7 Å². The Bertz CT molecular complexity index is 1340. The van der Waals surface area contributed by atoms with Gasteiger partial charge in [0.1, 0.15) is 23.0 Å². The van der Waals surface area contributed by atoms with Gasteiger partial charge in [-0.3, -0.25) is 14.9 Å². The maximum atomic E-state index is 12.9. The summed E-state index contributed by atoms with van der Waals surface area (Å²) in [7, 11) is 2.95. The van der Waals surface area contributed by atoms with E-state index in [4.69, 9.17) is 18.9 Å². The van der Waals surface area contributed by atoms with E-state index < -0.39 is 10.9 Å². The van der Waals surface area contributed by atoms with Crippen molar-refractivity contribution in [3.63, 3.8) is 0 Å². The Morgan fingerprint density at radius 3 is 2.35 bits per heavy atom. The molecule has 0 saturated carbocycles. The molecule has 0 aromatic heterocycles. The summed E-state index contributed by atoms with van der Waals surface area (Å²) in [5, 5.41) is 11.0. The van der Waals surface area contributed by atoms with E-state index in [-0.39, 0.29) is 34.3 Å². The number of aryl methyl sites for hydroxylation is 1. The molecular formula is C25H19NO8. The third-order valence-electron chi connectivity index (χ3n) is 5.12. The largest absolute Gasteiger partial charge is 0.497 e. The molecule has 0 aliphatic carbocycles. The van der Waals surface area contributed by atoms with Crippen LogP contribution in [0.5, 0.6) is 23.0 Å². The minimum Gasteiger partial charge on any atom is -0.497 e. The van der Waals surface area contributed by atoms with Crippen molar-refractivity contribution in [2.45, 2.75) is 6.92 Å². The number of carbonyl (C=O) groups excluding carboxylic acids is 2. The molecule has 0 atom stereocenters. The number of carbonyl (C=O) groups is 2. The van der Waals surface area contributed by atoms with Crippen molar-refractivity contribution in [3.05, 3.63) is 92.7 Å². The first-order chi connectivity index (χ1) is 16.3. The van der Waals surface area contributed by atoms with Crippen molar-refractivity contribution in [2.24, 2.45) is 0 Å². The highest BCUT2D eigenvalue weighted by Crippen LogP contribution is 2.38. The summed E-state index contributed by atoms with van der Waals surface area (Å²) >= 11 is 0. The van der Waals surface area contributed by atoms with Crippen LogP contribution in [0.1, 0.15) is 31.8 Å². The molecule has 3 aromatic carbocycles. The number of fused-ring (bicyclic) bond motifs is 1. The van der Waals surface area contributed by atoms with Crippen LogP contribution in [0, 0.1) is 17.0 Å². The second-order valence-electron chi connectivity index (χ2n) is 7.40. The van der Waals surface area contributed by atoms with E-state index >= 15 is 0 Å². The number of hydrogen-bond acceptors (Lipinski definition) is 8. The predicted molar refractivity (Wildman–Crippen MR) is 122 cm³/mol. The van der Waals surface area contributed by atoms with Crippen molar-refractivity contribution >= 4 is 23.5 Å². The number of ether oxygens (including phenoxy) is 4. The SMILES string of the molecule is COc1cc(OC)cc(C(=O)Oc2cc(C)c3c(c2)O/C(=C\c2cccc([N+](=O)[O-])c2)C3=O)c1. The molecular weight excluding hydrogens is 442 g/mol. The third kappa shape index (κ3) is 4.44. The Labute approximate surface area is 194 Å². The van der Waals surface area contributed by atoms with Crippen LogP contribution >= 0.6 is 0 Å². The van der Waals surface area contributed by atoms with Gasteiger partial charge < -0.3 is 18.9 Å². The van der Waals surface area contributed by atoms with Crippen molar-refractivity contribution in [3.8, 4) is 23.0 Å². The summed E-state index contributed by atoms with van der Waals surface area (Å²) < 4.78 is 21.6. The second kappa shape index (κ2) is 9.07. The van der Waals surface area contributed by atoms with Crippen molar-refractivity contribution < 1.29 is 33.5 Å². The molecule has 9 nitrogen and oxygen atoms in total. The van der Waals surface area contributed by atoms with Crippen LogP contribution in [0.15, 0.2) is 60.4 Å². The summed E-state index contributed by atoms with van der Waals surface area (Å²) in [6.45, 7) is 1.70. The van der Waals surface area contributed by atoms with Crippen LogP contribution in [0.4, 0.5) is 5.69 Å². The van der Waals surface area contributed by atoms with Gasteiger partial charge in [-0.15, -0.1) is 0 Å². The lowest BCUT2D eigenvalue weighted by atomic mass is 10.0. The van der Waals surface area contributed by atoms with Gasteiger partial charge in [0.15, 0.2) is 5.76 Å². The Hall–Kier alpha value is -4.66. The van der Waals surface area contributed by atoms with Gasteiger partial charge in [0.05, 0.1) is 30.3 Å². The zero-order valence-electron chi connectivity index (χ0n) is 18.5. The summed E-state index contributed by atoms with van der Waals surface area (Å²) in [6.07, 6.45) is 1.43. The molecule has 0 radical (unpaired) electrons. The van der Waals surface area contributed by atoms with E-state index in [9.17, 15) is 19.7 Å². The van der Waals surface area contributed by atoms with Gasteiger partial charge in [-0.1, -0.05) is 12.1 Å². The number of allylic oxidation sites excluding steroid dienone is 1. The standard InChI is InChI=1S/C25H19NO8/c1-14-7-20(33-25(28)16-10-18(31-2)12-19(11-16)32-3)13-21-23(14)24(27)22(34-21)9-15-5-4-6-17(8-15)26(29)30/h4-13H,1-3H3/b22-9-. The number of esters is 1. The molecule has 0 unspecified atom stereocenters. The zero-order chi connectivity index (χ0) is 24.4. The maximum absolute atomic E-state index is 12.9. The lowest BCUT2D eigenvalue weighted by molar-refractivity contribution is -0.384. The maximum Gasteiger partial charge on any atom is 0.343 e. The summed E-state index contributed by atoms with van der Waals surface area (Å²) in [5.41, 5.74) is 1.45. The van der Waals surface area contributed by atoms with E-state index in [2.05, 4.69) is 0 Å². The average Bonchev–Trinajstić information content (AvgIpc) is 3.13. The first kappa shape index (κ1) is 22.5. The van der Waals surface area contributed by atoms with Gasteiger partial charge in [0.25, 0.3) is 5.69 Å². The number of nitro groups is 1. The molecule has 3 aromatic rings. The normalized spacial score (nSPS) is 13.3. The molecule has 0 N–H and O–H groups in total. The van der Waals surface area contributed by atoms with Crippen molar-refractivity contribution in [1.29, 1.82) is 0 Å². The molecule has 172 valence electrons. The predicted octanol–water partition coefficient (Wildman–Crippen LogP) is 4.76. The number of ketones is 1. The molecule has 0 bridgehead atoms. The summed E-state index contributed by atoms with van der Waals surface area (Å²) in [4.78, 5) is 36.1. The molecule has 1 heterocycles. The zero-order valence-corrected chi connectivity index (χ0v) is 18.5. The quantitative estimate of drug-likeness (QED) is 0.170. The van der Waals surface area contributed by atoms with Crippen LogP contribution in [0.2, 0.25) is 0 Å². The van der Waals surface area contributed by atoms with Crippen LogP contribution in [0.3, 0.4) is 0 Å². The Kier molecular flexibility index (Phi) is 6.01. The lowest BCUT2D eigenvalue weighted by Gasteiger charge is -2.10. The number of methoxy groups -OCH3 is 2. The third-order valence-corrected chi connectivity index (χ3v) is 5.12. The van der Waals surface area contributed by atoms with Crippen LogP contribution < -0.4 is 18.9 Å². The molecule has 1 aliphatic rings. The Morgan fingerprint density at radius 2 is 1.71 bits per heavy atom. The van der Waals surface area contributed by atoms with Gasteiger partial charge in [0.2, 0.25) is 5.78 Å². The number of non-ortho nitro benzene ring substituents is 1.